The first-order valence-electron chi connectivity index (χ1n) is 14.9. The Morgan fingerprint density at radius 1 is 0.930 bits per heavy atom. The Balaban J connectivity index is 1.71. The summed E-state index contributed by atoms with van der Waals surface area (Å²) < 4.78 is 34.8. The highest BCUT2D eigenvalue weighted by Gasteiger charge is 2.34. The third-order valence-electron chi connectivity index (χ3n) is 8.13. The summed E-state index contributed by atoms with van der Waals surface area (Å²) in [5.74, 6) is -0.100. The lowest BCUT2D eigenvalue weighted by Gasteiger charge is -2.33. The van der Waals surface area contributed by atoms with Gasteiger partial charge in [0.15, 0.2) is 0 Å². The van der Waals surface area contributed by atoms with Gasteiger partial charge in [0, 0.05) is 12.6 Å². The Morgan fingerprint density at radius 2 is 1.60 bits per heavy atom. The first-order chi connectivity index (χ1) is 20.5. The van der Waals surface area contributed by atoms with Gasteiger partial charge in [0.05, 0.1) is 17.7 Å². The summed E-state index contributed by atoms with van der Waals surface area (Å²) in [4.78, 5) is 29.3. The normalized spacial score (nSPS) is 14.5. The lowest BCUT2D eigenvalue weighted by Crippen LogP contribution is -2.53. The van der Waals surface area contributed by atoms with E-state index in [0.29, 0.717) is 11.4 Å². The molecule has 43 heavy (non-hydrogen) atoms. The molecule has 0 saturated heterocycles. The minimum atomic E-state index is -4.13. The minimum absolute atomic E-state index is 0.0748. The summed E-state index contributed by atoms with van der Waals surface area (Å²) in [6, 6.07) is 18.7. The summed E-state index contributed by atoms with van der Waals surface area (Å²) in [5.41, 5.74) is 3.71. The van der Waals surface area contributed by atoms with Gasteiger partial charge in [0.2, 0.25) is 11.8 Å². The summed E-state index contributed by atoms with van der Waals surface area (Å²) in [5, 5.41) is 3.14. The predicted octanol–water partition coefficient (Wildman–Crippen LogP) is 5.68. The Hall–Kier alpha value is -3.85. The first kappa shape index (κ1) is 32.1. The second kappa shape index (κ2) is 14.1. The number of nitrogens with one attached hydrogen (secondary N) is 1. The molecule has 0 aliphatic heterocycles. The van der Waals surface area contributed by atoms with Crippen LogP contribution in [0.15, 0.2) is 71.6 Å². The molecule has 1 aliphatic carbocycles. The number of methoxy groups -OCH3 is 1. The number of carbonyl (C=O) groups is 2. The number of ether oxygens (including phenoxy) is 1. The number of hydrogen-bond acceptors (Lipinski definition) is 5. The zero-order chi connectivity index (χ0) is 31.1. The topological polar surface area (TPSA) is 96.0 Å². The number of amides is 2. The maximum Gasteiger partial charge on any atom is 0.264 e. The van der Waals surface area contributed by atoms with E-state index < -0.39 is 28.5 Å². The summed E-state index contributed by atoms with van der Waals surface area (Å²) >= 11 is 0. The molecule has 0 spiro atoms. The molecular weight excluding hydrogens is 562 g/mol. The van der Waals surface area contributed by atoms with Crippen LogP contribution in [0, 0.1) is 20.8 Å². The van der Waals surface area contributed by atoms with E-state index in [0.717, 1.165) is 54.4 Å². The van der Waals surface area contributed by atoms with E-state index >= 15 is 0 Å². The van der Waals surface area contributed by atoms with E-state index in [-0.39, 0.29) is 23.4 Å². The smallest absolute Gasteiger partial charge is 0.264 e. The quantitative estimate of drug-likeness (QED) is 0.303. The lowest BCUT2D eigenvalue weighted by molar-refractivity contribution is -0.139. The number of benzene rings is 3. The van der Waals surface area contributed by atoms with Gasteiger partial charge in [0.1, 0.15) is 18.3 Å². The van der Waals surface area contributed by atoms with Gasteiger partial charge >= 0.3 is 0 Å². The van der Waals surface area contributed by atoms with Crippen molar-refractivity contribution in [2.24, 2.45) is 0 Å². The number of hydrogen-bond donors (Lipinski definition) is 1. The second-order valence-corrected chi connectivity index (χ2v) is 13.4. The van der Waals surface area contributed by atoms with Crippen molar-refractivity contribution in [1.29, 1.82) is 0 Å². The van der Waals surface area contributed by atoms with Gasteiger partial charge in [-0.25, -0.2) is 8.42 Å². The monoisotopic (exact) mass is 605 g/mol. The fraction of sp³-hybridized carbons (Fsp3) is 0.412. The number of anilines is 1. The Kier molecular flexibility index (Phi) is 10.5. The molecular formula is C34H43N3O5S. The van der Waals surface area contributed by atoms with Gasteiger partial charge in [-0.15, -0.1) is 0 Å². The summed E-state index contributed by atoms with van der Waals surface area (Å²) in [6.07, 6.45) is 5.11. The zero-order valence-electron chi connectivity index (χ0n) is 25.8. The third-order valence-corrected chi connectivity index (χ3v) is 9.90. The lowest BCUT2D eigenvalue weighted by atomic mass is 9.95. The largest absolute Gasteiger partial charge is 0.497 e. The molecule has 2 amide bonds. The van der Waals surface area contributed by atoms with Crippen LogP contribution in [0.25, 0.3) is 0 Å². The summed E-state index contributed by atoms with van der Waals surface area (Å²) in [6.45, 7) is 6.94. The van der Waals surface area contributed by atoms with Crippen LogP contribution in [-0.4, -0.2) is 50.9 Å². The van der Waals surface area contributed by atoms with E-state index in [2.05, 4.69) is 5.32 Å². The van der Waals surface area contributed by atoms with Crippen molar-refractivity contribution in [3.8, 4) is 5.75 Å². The van der Waals surface area contributed by atoms with Crippen LogP contribution in [0.4, 0.5) is 5.69 Å². The van der Waals surface area contributed by atoms with Gasteiger partial charge in [0.25, 0.3) is 10.0 Å². The summed E-state index contributed by atoms with van der Waals surface area (Å²) in [7, 11) is -2.56. The Morgan fingerprint density at radius 3 is 2.28 bits per heavy atom. The average Bonchev–Trinajstić information content (AvgIpc) is 3.00. The molecule has 1 fully saturated rings. The van der Waals surface area contributed by atoms with E-state index in [9.17, 15) is 18.0 Å². The number of aryl methyl sites for hydroxylation is 3. The van der Waals surface area contributed by atoms with Crippen LogP contribution >= 0.6 is 0 Å². The molecule has 0 heterocycles. The molecule has 3 aromatic carbocycles. The molecule has 1 atom stereocenters. The molecule has 1 saturated carbocycles. The third kappa shape index (κ3) is 7.96. The van der Waals surface area contributed by atoms with Crippen molar-refractivity contribution in [3.05, 3.63) is 89.0 Å². The van der Waals surface area contributed by atoms with Crippen LogP contribution < -0.4 is 14.4 Å². The van der Waals surface area contributed by atoms with Gasteiger partial charge in [-0.3, -0.25) is 13.9 Å². The van der Waals surface area contributed by atoms with E-state index in [1.54, 1.807) is 44.4 Å². The standard InChI is InChI=1S/C34H43N3O5S/c1-24-15-18-31(19-16-24)43(40,41)37(32-20-25(2)14-17-26(32)3)23-33(38)36(22-28-10-9-13-30(21-28)42-5)27(4)34(39)35-29-11-7-6-8-12-29/h9-10,13-21,27,29H,6-8,11-12,22-23H2,1-5H3,(H,35,39)/t27-/m0/s1. The highest BCUT2D eigenvalue weighted by atomic mass is 32.2. The highest BCUT2D eigenvalue weighted by Crippen LogP contribution is 2.29. The van der Waals surface area contributed by atoms with Crippen LogP contribution in [0.2, 0.25) is 0 Å². The molecule has 0 bridgehead atoms. The van der Waals surface area contributed by atoms with Crippen LogP contribution in [0.3, 0.4) is 0 Å². The average molecular weight is 606 g/mol. The number of rotatable bonds is 11. The second-order valence-electron chi connectivity index (χ2n) is 11.5. The molecule has 230 valence electrons. The van der Waals surface area contributed by atoms with Gasteiger partial charge in [-0.05, 0) is 87.6 Å². The maximum atomic E-state index is 14.3. The number of sulfonamides is 1. The van der Waals surface area contributed by atoms with Crippen LogP contribution in [-0.2, 0) is 26.2 Å². The SMILES string of the molecule is COc1cccc(CN(C(=O)CN(c2cc(C)ccc2C)S(=O)(=O)c2ccc(C)cc2)[C@@H](C)C(=O)NC2CCCCC2)c1. The maximum absolute atomic E-state index is 14.3. The van der Waals surface area contributed by atoms with Gasteiger partial charge in [-0.1, -0.05) is 61.2 Å². The fourth-order valence-electron chi connectivity index (χ4n) is 5.46. The van der Waals surface area contributed by atoms with Crippen LogP contribution in [0.1, 0.15) is 61.3 Å². The predicted molar refractivity (Wildman–Crippen MR) is 170 cm³/mol. The zero-order valence-corrected chi connectivity index (χ0v) is 26.6. The van der Waals surface area contributed by atoms with Crippen molar-refractivity contribution in [1.82, 2.24) is 10.2 Å². The molecule has 0 radical (unpaired) electrons. The van der Waals surface area contributed by atoms with Gasteiger partial charge in [-0.2, -0.15) is 0 Å². The molecule has 1 N–H and O–H groups in total. The molecule has 0 unspecified atom stereocenters. The van der Waals surface area contributed by atoms with Crippen molar-refractivity contribution < 1.29 is 22.7 Å². The molecule has 9 heteroatoms. The molecule has 0 aromatic heterocycles. The molecule has 4 rings (SSSR count). The fourth-order valence-corrected chi connectivity index (χ4v) is 6.93. The molecule has 1 aliphatic rings. The number of carbonyl (C=O) groups excluding carboxylic acids is 2. The Labute approximate surface area is 256 Å². The van der Waals surface area contributed by atoms with E-state index in [1.807, 2.05) is 57.2 Å². The van der Waals surface area contributed by atoms with Crippen molar-refractivity contribution >= 4 is 27.5 Å². The van der Waals surface area contributed by atoms with E-state index in [4.69, 9.17) is 4.74 Å². The van der Waals surface area contributed by atoms with Crippen LogP contribution in [0.5, 0.6) is 5.75 Å². The Bertz CT molecular complexity index is 1530. The van der Waals surface area contributed by atoms with Crippen molar-refractivity contribution in [3.63, 3.8) is 0 Å². The van der Waals surface area contributed by atoms with Gasteiger partial charge < -0.3 is 15.0 Å². The highest BCUT2D eigenvalue weighted by molar-refractivity contribution is 7.92. The van der Waals surface area contributed by atoms with Crippen molar-refractivity contribution in [2.75, 3.05) is 18.0 Å². The first-order valence-corrected chi connectivity index (χ1v) is 16.3. The number of nitrogens with zero attached hydrogens (tertiary/aromatic N) is 2. The molecule has 8 nitrogen and oxygen atoms in total. The molecule has 3 aromatic rings. The van der Waals surface area contributed by atoms with E-state index in [1.165, 1.54) is 9.21 Å². The minimum Gasteiger partial charge on any atom is -0.497 e. The van der Waals surface area contributed by atoms with Crippen molar-refractivity contribution in [2.45, 2.75) is 83.3 Å².